The number of anilines is 4. The number of amides is 2. The number of benzene rings is 2. The first-order valence-corrected chi connectivity index (χ1v) is 38.7. The monoisotopic (exact) mass is 1480 g/mol. The Kier molecular flexibility index (Phi) is 22.1. The van der Waals surface area contributed by atoms with Crippen LogP contribution in [0.25, 0.3) is 11.1 Å². The maximum atomic E-state index is 14.2. The van der Waals surface area contributed by atoms with Gasteiger partial charge in [0.05, 0.1) is 46.0 Å². The summed E-state index contributed by atoms with van der Waals surface area (Å²) in [6.07, 6.45) is 8.75. The number of fused-ring (bicyclic) bond motifs is 12. The normalized spacial score (nSPS) is 20.2. The minimum absolute atomic E-state index is 0.0563. The van der Waals surface area contributed by atoms with Crippen LogP contribution in [0.4, 0.5) is 23.3 Å². The first kappa shape index (κ1) is 76.5. The van der Waals surface area contributed by atoms with Crippen molar-refractivity contribution in [3.8, 4) is 11.1 Å². The van der Waals surface area contributed by atoms with E-state index in [0.717, 1.165) is 72.4 Å². The highest BCUT2D eigenvalue weighted by Crippen LogP contribution is 2.46. The van der Waals surface area contributed by atoms with E-state index in [-0.39, 0.29) is 66.0 Å². The Balaban J connectivity index is 0.000000196. The molecule has 8 bridgehead atoms. The molecule has 0 radical (unpaired) electrons. The van der Waals surface area contributed by atoms with Gasteiger partial charge in [-0.1, -0.05) is 156 Å². The first-order chi connectivity index (χ1) is 47.6. The van der Waals surface area contributed by atoms with Crippen LogP contribution in [0.1, 0.15) is 216 Å². The number of carbonyl (C=O) groups excluding carboxylic acids is 2. The molecule has 2 saturated heterocycles. The molecule has 2 aromatic carbocycles. The zero-order chi connectivity index (χ0) is 74.3. The molecule has 8 aromatic rings. The maximum absolute atomic E-state index is 14.2. The minimum Gasteiger partial charge on any atom is -0.423 e. The molecule has 2 fully saturated rings. The molecule has 12 rings (SSSR count). The Morgan fingerprint density at radius 3 is 1.30 bits per heavy atom. The lowest BCUT2D eigenvalue weighted by molar-refractivity contribution is 0.0972. The molecule has 2 unspecified atom stereocenters. The average molecular weight is 1490 g/mol. The highest BCUT2D eigenvalue weighted by atomic mass is 79.9. The highest BCUT2D eigenvalue weighted by molar-refractivity contribution is 9.10. The molecule has 4 aliphatic heterocycles. The van der Waals surface area contributed by atoms with Gasteiger partial charge >= 0.3 is 7.12 Å². The molecule has 24 heteroatoms. The van der Waals surface area contributed by atoms with Crippen LogP contribution in [0.15, 0.2) is 160 Å². The first-order valence-electron chi connectivity index (χ1n) is 34.9. The lowest BCUT2D eigenvalue weighted by Crippen LogP contribution is -2.41. The van der Waals surface area contributed by atoms with Crippen LogP contribution in [0.5, 0.6) is 0 Å². The van der Waals surface area contributed by atoms with Crippen molar-refractivity contribution in [2.75, 3.05) is 33.5 Å². The Bertz CT molecular complexity index is 4620. The van der Waals surface area contributed by atoms with Gasteiger partial charge in [-0.15, -0.1) is 0 Å². The SMILES string of the molecule is CC(C)(C)c1ccnc(C2CC[C@@H]3CN(c4nc(C(C)(C)C)c(-c5ccccc5)cc4C(=O)NS(=O)(=O)c4cccc(n4)N2)C(C)(C)C3)c1.CC(C)(C)c1ccnc(C2CC[C@@H]3CN(c4nc(C(C)(C)C)c(Br)cc4C(=O)NS(=O)(=O)c4cccc(n4)N2)C(C)(C)C3)c1.OB(O)c1ccccc1. The number of carbonyl (C=O) groups is 2. The van der Waals surface area contributed by atoms with Crippen molar-refractivity contribution in [3.05, 3.63) is 195 Å². The number of hydrogen-bond donors (Lipinski definition) is 6. The number of pyridine rings is 6. The van der Waals surface area contributed by atoms with Crippen LogP contribution in [-0.2, 0) is 41.7 Å². The van der Waals surface area contributed by atoms with Crippen LogP contribution in [0.3, 0.4) is 0 Å². The molecule has 540 valence electrons. The third-order valence-corrected chi connectivity index (χ3v) is 22.4. The number of nitrogens with one attached hydrogen (secondary N) is 4. The molecule has 0 saturated carbocycles. The largest absolute Gasteiger partial charge is 0.488 e. The molecule has 6 N–H and O–H groups in total. The van der Waals surface area contributed by atoms with Crippen molar-refractivity contribution in [2.24, 2.45) is 11.8 Å². The summed E-state index contributed by atoms with van der Waals surface area (Å²) in [5.41, 5.74) is 6.93. The summed E-state index contributed by atoms with van der Waals surface area (Å²) in [5.74, 6) is 0.903. The van der Waals surface area contributed by atoms with E-state index >= 15 is 0 Å². The van der Waals surface area contributed by atoms with Gasteiger partial charge in [0, 0.05) is 57.4 Å². The number of sulfonamides is 2. The molecular formula is C78H98BBrN12O8S2. The highest BCUT2D eigenvalue weighted by Gasteiger charge is 2.45. The summed E-state index contributed by atoms with van der Waals surface area (Å²) in [7, 11) is -9.99. The predicted molar refractivity (Wildman–Crippen MR) is 409 cm³/mol. The van der Waals surface area contributed by atoms with E-state index in [9.17, 15) is 26.4 Å². The summed E-state index contributed by atoms with van der Waals surface area (Å²) in [4.78, 5) is 61.1. The van der Waals surface area contributed by atoms with Crippen molar-refractivity contribution in [2.45, 2.75) is 204 Å². The fourth-order valence-electron chi connectivity index (χ4n) is 13.9. The van der Waals surface area contributed by atoms with Crippen LogP contribution >= 0.6 is 15.9 Å². The van der Waals surface area contributed by atoms with E-state index in [1.807, 2.05) is 67.0 Å². The quantitative estimate of drug-likeness (QED) is 0.0894. The Morgan fingerprint density at radius 2 is 0.902 bits per heavy atom. The van der Waals surface area contributed by atoms with Crippen molar-refractivity contribution in [1.82, 2.24) is 39.3 Å². The third kappa shape index (κ3) is 17.9. The van der Waals surface area contributed by atoms with Gasteiger partial charge in [0.25, 0.3) is 31.9 Å². The van der Waals surface area contributed by atoms with E-state index in [0.29, 0.717) is 58.1 Å². The smallest absolute Gasteiger partial charge is 0.423 e. The fraction of sp³-hybridized carbons (Fsp3) is 0.436. The topological polar surface area (TPSA) is 275 Å². The molecule has 102 heavy (non-hydrogen) atoms. The van der Waals surface area contributed by atoms with Gasteiger partial charge in [-0.25, -0.2) is 29.4 Å². The number of hydrogen-bond acceptors (Lipinski definition) is 18. The predicted octanol–water partition coefficient (Wildman–Crippen LogP) is 14.1. The minimum atomic E-state index is -4.35. The summed E-state index contributed by atoms with van der Waals surface area (Å²) in [6.45, 7) is 35.6. The van der Waals surface area contributed by atoms with Crippen molar-refractivity contribution in [3.63, 3.8) is 0 Å². The molecule has 6 aromatic heterocycles. The Labute approximate surface area is 611 Å². The van der Waals surface area contributed by atoms with Gasteiger partial charge < -0.3 is 30.5 Å². The average Bonchev–Trinajstić information content (AvgIpc) is 1.43. The summed E-state index contributed by atoms with van der Waals surface area (Å²) in [6, 6.07) is 39.5. The van der Waals surface area contributed by atoms with Gasteiger partial charge in [0.2, 0.25) is 0 Å². The number of aromatic nitrogens is 6. The Hall–Kier alpha value is -8.16. The Morgan fingerprint density at radius 1 is 0.490 bits per heavy atom. The van der Waals surface area contributed by atoms with Crippen LogP contribution in [0, 0.1) is 11.8 Å². The lowest BCUT2D eigenvalue weighted by atomic mass is 9.81. The molecule has 4 aliphatic rings. The molecule has 4 atom stereocenters. The van der Waals surface area contributed by atoms with Crippen LogP contribution in [-0.4, -0.2) is 99.9 Å². The van der Waals surface area contributed by atoms with Gasteiger partial charge in [-0.3, -0.25) is 19.6 Å². The number of nitrogens with zero attached hydrogens (tertiary/aromatic N) is 8. The van der Waals surface area contributed by atoms with Crippen molar-refractivity contribution >= 4 is 83.6 Å². The summed E-state index contributed by atoms with van der Waals surface area (Å²) in [5, 5.41) is 23.6. The fourth-order valence-corrected chi connectivity index (χ4v) is 16.7. The third-order valence-electron chi connectivity index (χ3n) is 19.3. The molecule has 20 nitrogen and oxygen atoms in total. The summed E-state index contributed by atoms with van der Waals surface area (Å²) >= 11 is 3.61. The second-order valence-electron chi connectivity index (χ2n) is 32.7. The zero-order valence-corrected chi connectivity index (χ0v) is 64.7. The molecule has 0 aliphatic carbocycles. The lowest BCUT2D eigenvalue weighted by Gasteiger charge is -2.35. The molecule has 2 amide bonds. The standard InChI is InChI=1S/C39H48N6O3S.C33H43BrN6O3S.C6H7BO2/c1-37(2,3)27-19-20-40-31(21-27)30-18-17-25-23-39(7,8)45(24-25)35-29(36(46)44-49(47,48)33-16-12-15-32(41-30)42-33)22-28(26-13-10-9-11-14-26)34(43-35)38(4,5)6;1-31(2,3)21-14-15-35-25(16-21)24-13-12-20-18-33(7,8)40(19-20)29-22(17-23(34)28(38-29)32(4,5)6)30(41)39-44(42,43)27-11-9-10-26(36-24)37-27;8-7(9)6-4-2-1-3-5-6/h9-16,19-22,25,30H,17-18,23-24H2,1-8H3,(H,41,42)(H,44,46);9-11,14-17,20,24H,12-13,18-19H2,1-8H3,(H,36,37)(H,39,41);1-5,8-9H/t25-,30?;20-,24?;/m00./s1. The zero-order valence-electron chi connectivity index (χ0n) is 61.5. The maximum Gasteiger partial charge on any atom is 0.488 e. The van der Waals surface area contributed by atoms with Gasteiger partial charge in [-0.05, 0) is 188 Å². The van der Waals surface area contributed by atoms with Gasteiger partial charge in [0.15, 0.2) is 10.1 Å². The van der Waals surface area contributed by atoms with E-state index in [2.05, 4.69) is 179 Å². The second-order valence-corrected chi connectivity index (χ2v) is 36.8. The van der Waals surface area contributed by atoms with E-state index < -0.39 is 39.0 Å². The van der Waals surface area contributed by atoms with Gasteiger partial charge in [0.1, 0.15) is 23.3 Å². The number of halogens is 1. The van der Waals surface area contributed by atoms with E-state index in [4.69, 9.17) is 30.0 Å². The van der Waals surface area contributed by atoms with Crippen molar-refractivity contribution in [1.29, 1.82) is 0 Å². The molecule has 10 heterocycles. The summed E-state index contributed by atoms with van der Waals surface area (Å²) < 4.78 is 60.0. The van der Waals surface area contributed by atoms with E-state index in [1.54, 1.807) is 54.6 Å². The van der Waals surface area contributed by atoms with Crippen LogP contribution in [0.2, 0.25) is 0 Å². The van der Waals surface area contributed by atoms with Gasteiger partial charge in [-0.2, -0.15) is 16.8 Å². The van der Waals surface area contributed by atoms with E-state index in [1.165, 1.54) is 23.3 Å². The van der Waals surface area contributed by atoms with Crippen molar-refractivity contribution < 1.29 is 36.5 Å². The number of rotatable bonds is 4. The second kappa shape index (κ2) is 29.5. The molecular weight excluding hydrogens is 1390 g/mol. The van der Waals surface area contributed by atoms with Crippen LogP contribution < -0.4 is 35.3 Å². The molecule has 0 spiro atoms.